The van der Waals surface area contributed by atoms with Gasteiger partial charge in [0, 0.05) is 30.2 Å². The molecule has 0 unspecified atom stereocenters. The molecule has 0 saturated heterocycles. The van der Waals surface area contributed by atoms with E-state index in [4.69, 9.17) is 15.2 Å². The highest BCUT2D eigenvalue weighted by Crippen LogP contribution is 2.24. The quantitative estimate of drug-likeness (QED) is 0.763. The van der Waals surface area contributed by atoms with Crippen LogP contribution in [-0.2, 0) is 11.2 Å². The third-order valence-electron chi connectivity index (χ3n) is 3.19. The first kappa shape index (κ1) is 17.1. The average Bonchev–Trinajstić information content (AvgIpc) is 2.86. The molecule has 0 aliphatic carbocycles. The lowest BCUT2D eigenvalue weighted by molar-refractivity contribution is 0.0528. The van der Waals surface area contributed by atoms with Crippen LogP contribution >= 0.6 is 0 Å². The minimum absolute atomic E-state index is 0.399. The number of aromatic nitrogens is 1. The monoisotopic (exact) mass is 319 g/mol. The normalized spacial score (nSPS) is 11.5. The van der Waals surface area contributed by atoms with Gasteiger partial charge >= 0.3 is 6.09 Å². The van der Waals surface area contributed by atoms with Crippen molar-refractivity contribution in [3.63, 3.8) is 0 Å². The van der Waals surface area contributed by atoms with Crippen molar-refractivity contribution < 1.29 is 14.3 Å². The van der Waals surface area contributed by atoms with E-state index in [9.17, 15) is 4.79 Å². The molecule has 1 amide bonds. The number of carbonyl (C=O) groups is 1. The topological polar surface area (TPSA) is 89.4 Å². The van der Waals surface area contributed by atoms with E-state index in [1.807, 2.05) is 45.2 Å². The number of hydrogen-bond donors (Lipinski definition) is 3. The molecule has 0 bridgehead atoms. The van der Waals surface area contributed by atoms with E-state index in [2.05, 4.69) is 10.3 Å². The van der Waals surface area contributed by atoms with Gasteiger partial charge in [-0.05, 0) is 51.0 Å². The summed E-state index contributed by atoms with van der Waals surface area (Å²) in [5.74, 6) is 0.795. The maximum absolute atomic E-state index is 11.7. The molecule has 6 heteroatoms. The molecule has 2 rings (SSSR count). The van der Waals surface area contributed by atoms with Gasteiger partial charge < -0.3 is 25.5 Å². The second kappa shape index (κ2) is 7.37. The van der Waals surface area contributed by atoms with Gasteiger partial charge in [0.25, 0.3) is 0 Å². The van der Waals surface area contributed by atoms with Crippen molar-refractivity contribution >= 4 is 17.0 Å². The van der Waals surface area contributed by atoms with Crippen LogP contribution in [-0.4, -0.2) is 36.4 Å². The number of nitrogens with two attached hydrogens (primary N) is 1. The number of nitrogens with one attached hydrogen (secondary N) is 2. The van der Waals surface area contributed by atoms with Gasteiger partial charge in [-0.3, -0.25) is 0 Å². The maximum Gasteiger partial charge on any atom is 0.407 e. The second-order valence-corrected chi connectivity index (χ2v) is 6.34. The van der Waals surface area contributed by atoms with Crippen LogP contribution in [0.15, 0.2) is 24.4 Å². The zero-order valence-electron chi connectivity index (χ0n) is 13.9. The summed E-state index contributed by atoms with van der Waals surface area (Å²) in [4.78, 5) is 14.9. The predicted molar refractivity (Wildman–Crippen MR) is 90.8 cm³/mol. The molecular weight excluding hydrogens is 294 g/mol. The Morgan fingerprint density at radius 1 is 1.35 bits per heavy atom. The molecule has 6 nitrogen and oxygen atoms in total. The van der Waals surface area contributed by atoms with Crippen LogP contribution in [0.3, 0.4) is 0 Å². The zero-order valence-corrected chi connectivity index (χ0v) is 13.9. The largest absolute Gasteiger partial charge is 0.492 e. The van der Waals surface area contributed by atoms with E-state index < -0.39 is 11.7 Å². The van der Waals surface area contributed by atoms with Crippen molar-refractivity contribution in [2.75, 3.05) is 19.7 Å². The molecule has 1 aromatic heterocycles. The van der Waals surface area contributed by atoms with Crippen molar-refractivity contribution in [3.05, 3.63) is 30.0 Å². The summed E-state index contributed by atoms with van der Waals surface area (Å²) < 4.78 is 10.8. The van der Waals surface area contributed by atoms with E-state index in [1.54, 1.807) is 0 Å². The number of amides is 1. The Morgan fingerprint density at radius 3 is 2.83 bits per heavy atom. The molecule has 0 atom stereocenters. The Bertz CT molecular complexity index is 659. The van der Waals surface area contributed by atoms with Gasteiger partial charge in [0.15, 0.2) is 0 Å². The minimum atomic E-state index is -0.486. The first-order valence-corrected chi connectivity index (χ1v) is 7.79. The lowest BCUT2D eigenvalue weighted by atomic mass is 10.1. The highest BCUT2D eigenvalue weighted by Gasteiger charge is 2.15. The van der Waals surface area contributed by atoms with Gasteiger partial charge in [0.05, 0.1) is 0 Å². The van der Waals surface area contributed by atoms with Crippen LogP contribution in [0.2, 0.25) is 0 Å². The summed E-state index contributed by atoms with van der Waals surface area (Å²) in [6.45, 7) is 7.01. The molecule has 4 N–H and O–H groups in total. The number of alkyl carbamates (subject to hydrolysis) is 1. The number of ether oxygens (including phenoxy) is 2. The molecule has 0 radical (unpaired) electrons. The fourth-order valence-electron chi connectivity index (χ4n) is 2.24. The molecule has 1 aromatic carbocycles. The van der Waals surface area contributed by atoms with Crippen LogP contribution in [0.25, 0.3) is 10.9 Å². The standard InChI is InChI=1S/C17H25N3O3/c1-17(2,3)23-16(21)19-8-6-12-11-20-15-5-4-13(10-14(12)15)22-9-7-18/h4-5,10-11,20H,6-9,18H2,1-3H3,(H,19,21). The maximum atomic E-state index is 11.7. The van der Waals surface area contributed by atoms with Gasteiger partial charge in [0.1, 0.15) is 18.0 Å². The van der Waals surface area contributed by atoms with Crippen molar-refractivity contribution in [1.82, 2.24) is 10.3 Å². The Labute approximate surface area is 136 Å². The molecule has 0 spiro atoms. The highest BCUT2D eigenvalue weighted by molar-refractivity contribution is 5.84. The average molecular weight is 319 g/mol. The van der Waals surface area contributed by atoms with Crippen LogP contribution < -0.4 is 15.8 Å². The Kier molecular flexibility index (Phi) is 5.50. The van der Waals surface area contributed by atoms with Crippen LogP contribution in [0.5, 0.6) is 5.75 Å². The van der Waals surface area contributed by atoms with Gasteiger partial charge in [-0.1, -0.05) is 0 Å². The van der Waals surface area contributed by atoms with Crippen molar-refractivity contribution in [1.29, 1.82) is 0 Å². The van der Waals surface area contributed by atoms with E-state index in [-0.39, 0.29) is 0 Å². The Balaban J connectivity index is 1.96. The van der Waals surface area contributed by atoms with E-state index in [0.717, 1.165) is 22.2 Å². The minimum Gasteiger partial charge on any atom is -0.492 e. The summed E-state index contributed by atoms with van der Waals surface area (Å²) in [7, 11) is 0. The molecule has 0 aliphatic rings. The first-order valence-electron chi connectivity index (χ1n) is 7.79. The summed E-state index contributed by atoms with van der Waals surface area (Å²) in [5, 5.41) is 3.86. The lowest BCUT2D eigenvalue weighted by Crippen LogP contribution is -2.33. The summed E-state index contributed by atoms with van der Waals surface area (Å²) in [6.07, 6.45) is 2.26. The third kappa shape index (κ3) is 5.17. The molecule has 0 saturated carbocycles. The van der Waals surface area contributed by atoms with Crippen LogP contribution in [0, 0.1) is 0 Å². The van der Waals surface area contributed by atoms with Crippen LogP contribution in [0.4, 0.5) is 4.79 Å². The number of benzene rings is 1. The van der Waals surface area contributed by atoms with Crippen LogP contribution in [0.1, 0.15) is 26.3 Å². The molecule has 23 heavy (non-hydrogen) atoms. The highest BCUT2D eigenvalue weighted by atomic mass is 16.6. The number of aromatic amines is 1. The first-order chi connectivity index (χ1) is 10.9. The summed E-state index contributed by atoms with van der Waals surface area (Å²) in [6, 6.07) is 5.88. The van der Waals surface area contributed by atoms with E-state index >= 15 is 0 Å². The number of hydrogen-bond acceptors (Lipinski definition) is 4. The van der Waals surface area contributed by atoms with E-state index in [1.165, 1.54) is 0 Å². The molecular formula is C17H25N3O3. The fraction of sp³-hybridized carbons (Fsp3) is 0.471. The molecule has 126 valence electrons. The van der Waals surface area contributed by atoms with Gasteiger partial charge in [0.2, 0.25) is 0 Å². The predicted octanol–water partition coefficient (Wildman–Crippen LogP) is 2.57. The van der Waals surface area contributed by atoms with Crippen molar-refractivity contribution in [2.24, 2.45) is 5.73 Å². The number of rotatable bonds is 6. The Hall–Kier alpha value is -2.21. The van der Waals surface area contributed by atoms with Gasteiger partial charge in [-0.15, -0.1) is 0 Å². The molecule has 1 heterocycles. The SMILES string of the molecule is CC(C)(C)OC(=O)NCCc1c[nH]c2ccc(OCCN)cc12. The van der Waals surface area contributed by atoms with E-state index in [0.29, 0.717) is 26.1 Å². The van der Waals surface area contributed by atoms with Gasteiger partial charge in [-0.25, -0.2) is 4.79 Å². The molecule has 0 aliphatic heterocycles. The number of H-pyrrole nitrogens is 1. The second-order valence-electron chi connectivity index (χ2n) is 6.34. The van der Waals surface area contributed by atoms with Gasteiger partial charge in [-0.2, -0.15) is 0 Å². The summed E-state index contributed by atoms with van der Waals surface area (Å²) >= 11 is 0. The van der Waals surface area contributed by atoms with Crippen molar-refractivity contribution in [2.45, 2.75) is 32.8 Å². The third-order valence-corrected chi connectivity index (χ3v) is 3.19. The Morgan fingerprint density at radius 2 is 2.13 bits per heavy atom. The smallest absolute Gasteiger partial charge is 0.407 e. The lowest BCUT2D eigenvalue weighted by Gasteiger charge is -2.19. The molecule has 0 fully saturated rings. The zero-order chi connectivity index (χ0) is 16.9. The van der Waals surface area contributed by atoms with Crippen molar-refractivity contribution in [3.8, 4) is 5.75 Å². The fourth-order valence-corrected chi connectivity index (χ4v) is 2.24. The number of carbonyl (C=O) groups excluding carboxylic acids is 1. The molecule has 2 aromatic rings. The summed E-state index contributed by atoms with van der Waals surface area (Å²) in [5.41, 5.74) is 7.13. The number of fused-ring (bicyclic) bond motifs is 1.